The summed E-state index contributed by atoms with van der Waals surface area (Å²) in [5, 5.41) is 8.86. The molecule has 0 radical (unpaired) electrons. The highest BCUT2D eigenvalue weighted by Gasteiger charge is 2.38. The highest BCUT2D eigenvalue weighted by atomic mass is 16.4. The largest absolute Gasteiger partial charge is 0.475 e. The Balaban J connectivity index is 2.20. The van der Waals surface area contributed by atoms with E-state index in [1.54, 1.807) is 0 Å². The molecule has 20 heavy (non-hydrogen) atoms. The van der Waals surface area contributed by atoms with Gasteiger partial charge in [0.1, 0.15) is 0 Å². The van der Waals surface area contributed by atoms with Gasteiger partial charge in [0.05, 0.1) is 0 Å². The van der Waals surface area contributed by atoms with Crippen LogP contribution < -0.4 is 0 Å². The molecule has 1 N–H and O–H groups in total. The molecular formula is C15H21NO4. The summed E-state index contributed by atoms with van der Waals surface area (Å²) < 4.78 is 5.14. The predicted octanol–water partition coefficient (Wildman–Crippen LogP) is 3.02. The monoisotopic (exact) mass is 279 g/mol. The van der Waals surface area contributed by atoms with Gasteiger partial charge in [-0.05, 0) is 37.8 Å². The lowest BCUT2D eigenvalue weighted by atomic mass is 9.99. The number of carboxylic acid groups (broad SMARTS) is 1. The van der Waals surface area contributed by atoms with Crippen LogP contribution in [0.5, 0.6) is 0 Å². The van der Waals surface area contributed by atoms with E-state index in [0.717, 1.165) is 19.3 Å². The van der Waals surface area contributed by atoms with Crippen molar-refractivity contribution in [3.05, 3.63) is 23.7 Å². The Kier molecular flexibility index (Phi) is 4.16. The molecule has 1 aliphatic carbocycles. The number of nitrogens with zero attached hydrogens (tertiary/aromatic N) is 1. The predicted molar refractivity (Wildman–Crippen MR) is 73.8 cm³/mol. The number of furan rings is 1. The van der Waals surface area contributed by atoms with E-state index in [9.17, 15) is 9.59 Å². The number of hydrogen-bond acceptors (Lipinski definition) is 3. The van der Waals surface area contributed by atoms with Crippen molar-refractivity contribution in [2.75, 3.05) is 0 Å². The fourth-order valence-corrected chi connectivity index (χ4v) is 2.35. The molecule has 1 fully saturated rings. The van der Waals surface area contributed by atoms with Crippen molar-refractivity contribution in [1.82, 2.24) is 4.90 Å². The van der Waals surface area contributed by atoms with Gasteiger partial charge in [-0.25, -0.2) is 4.79 Å². The molecule has 110 valence electrons. The molecule has 2 unspecified atom stereocenters. The first kappa shape index (κ1) is 14.6. The normalized spacial score (nSPS) is 17.6. The van der Waals surface area contributed by atoms with E-state index in [1.807, 2.05) is 11.8 Å². The van der Waals surface area contributed by atoms with Crippen LogP contribution in [-0.2, 0) is 0 Å². The fourth-order valence-electron chi connectivity index (χ4n) is 2.35. The lowest BCUT2D eigenvalue weighted by molar-refractivity contribution is 0.0572. The van der Waals surface area contributed by atoms with E-state index in [4.69, 9.17) is 9.52 Å². The number of rotatable bonds is 6. The summed E-state index contributed by atoms with van der Waals surface area (Å²) in [6, 6.07) is 3.17. The maximum Gasteiger partial charge on any atom is 0.371 e. The fraction of sp³-hybridized carbons (Fsp3) is 0.600. The molecule has 0 spiro atoms. The number of amides is 1. The Morgan fingerprint density at radius 2 is 1.95 bits per heavy atom. The Hall–Kier alpha value is -1.78. The van der Waals surface area contributed by atoms with Gasteiger partial charge < -0.3 is 14.4 Å². The topological polar surface area (TPSA) is 70.8 Å². The zero-order valence-electron chi connectivity index (χ0n) is 12.1. The van der Waals surface area contributed by atoms with Gasteiger partial charge in [0, 0.05) is 12.1 Å². The summed E-state index contributed by atoms with van der Waals surface area (Å²) in [6.45, 7) is 6.27. The molecular weight excluding hydrogens is 258 g/mol. The van der Waals surface area contributed by atoms with Gasteiger partial charge >= 0.3 is 5.97 Å². The van der Waals surface area contributed by atoms with Crippen LogP contribution in [0.1, 0.15) is 61.1 Å². The van der Waals surface area contributed by atoms with Gasteiger partial charge in [-0.3, -0.25) is 4.79 Å². The molecule has 1 aliphatic rings. The van der Waals surface area contributed by atoms with Crippen LogP contribution in [0.25, 0.3) is 0 Å². The van der Waals surface area contributed by atoms with E-state index in [-0.39, 0.29) is 29.5 Å². The quantitative estimate of drug-likeness (QED) is 0.869. The molecule has 1 amide bonds. The highest BCUT2D eigenvalue weighted by molar-refractivity contribution is 5.94. The number of carboxylic acids is 1. The van der Waals surface area contributed by atoms with Gasteiger partial charge in [0.15, 0.2) is 5.76 Å². The molecule has 0 bridgehead atoms. The highest BCUT2D eigenvalue weighted by Crippen LogP contribution is 2.33. The molecule has 0 aromatic carbocycles. The van der Waals surface area contributed by atoms with Crippen LogP contribution >= 0.6 is 0 Å². The zero-order chi connectivity index (χ0) is 14.9. The number of aromatic carboxylic acids is 1. The average molecular weight is 279 g/mol. The second kappa shape index (κ2) is 5.69. The second-order valence-electron chi connectivity index (χ2n) is 5.54. The minimum Gasteiger partial charge on any atom is -0.475 e. The maximum atomic E-state index is 12.6. The van der Waals surface area contributed by atoms with Crippen molar-refractivity contribution in [2.24, 2.45) is 5.92 Å². The lowest BCUT2D eigenvalue weighted by Crippen LogP contribution is -2.43. The van der Waals surface area contributed by atoms with Crippen LogP contribution in [0.4, 0.5) is 0 Å². The van der Waals surface area contributed by atoms with E-state index >= 15 is 0 Å². The molecule has 1 saturated carbocycles. The van der Waals surface area contributed by atoms with Crippen molar-refractivity contribution in [3.8, 4) is 0 Å². The van der Waals surface area contributed by atoms with E-state index in [0.29, 0.717) is 5.92 Å². The SMILES string of the molecule is CCC(C)C(C)N(C(=O)c1ccc(C(=O)O)o1)C1CC1. The molecule has 1 heterocycles. The molecule has 0 aliphatic heterocycles. The third kappa shape index (κ3) is 2.86. The molecule has 2 rings (SSSR count). The van der Waals surface area contributed by atoms with Gasteiger partial charge in [0.25, 0.3) is 5.91 Å². The number of carbonyl (C=O) groups excluding carboxylic acids is 1. The summed E-state index contributed by atoms with van der Waals surface area (Å²) in [5.41, 5.74) is 0. The number of hydrogen-bond donors (Lipinski definition) is 1. The summed E-state index contributed by atoms with van der Waals surface area (Å²) in [6.07, 6.45) is 3.02. The molecule has 5 nitrogen and oxygen atoms in total. The third-order valence-electron chi connectivity index (χ3n) is 4.11. The molecule has 1 aromatic rings. The van der Waals surface area contributed by atoms with Gasteiger partial charge in [-0.15, -0.1) is 0 Å². The lowest BCUT2D eigenvalue weighted by Gasteiger charge is -2.32. The standard InChI is InChI=1S/C15H21NO4/c1-4-9(2)10(3)16(11-5-6-11)14(17)12-7-8-13(20-12)15(18)19/h7-11H,4-6H2,1-3H3,(H,18,19). The summed E-state index contributed by atoms with van der Waals surface area (Å²) in [5.74, 6) is -1.04. The summed E-state index contributed by atoms with van der Waals surface area (Å²) >= 11 is 0. The Morgan fingerprint density at radius 1 is 1.35 bits per heavy atom. The maximum absolute atomic E-state index is 12.6. The first-order chi connectivity index (χ1) is 9.45. The second-order valence-corrected chi connectivity index (χ2v) is 5.54. The molecule has 0 saturated heterocycles. The van der Waals surface area contributed by atoms with Crippen molar-refractivity contribution < 1.29 is 19.1 Å². The van der Waals surface area contributed by atoms with Gasteiger partial charge in [0.2, 0.25) is 5.76 Å². The Bertz CT molecular complexity index is 504. The average Bonchev–Trinajstić information content (AvgIpc) is 3.11. The van der Waals surface area contributed by atoms with Crippen LogP contribution in [0.2, 0.25) is 0 Å². The zero-order valence-corrected chi connectivity index (χ0v) is 12.1. The van der Waals surface area contributed by atoms with E-state index in [2.05, 4.69) is 13.8 Å². The molecule has 5 heteroatoms. The van der Waals surface area contributed by atoms with Crippen LogP contribution in [0.3, 0.4) is 0 Å². The van der Waals surface area contributed by atoms with Crippen molar-refractivity contribution in [3.63, 3.8) is 0 Å². The van der Waals surface area contributed by atoms with Crippen LogP contribution in [-0.4, -0.2) is 34.0 Å². The summed E-state index contributed by atoms with van der Waals surface area (Å²) in [7, 11) is 0. The van der Waals surface area contributed by atoms with E-state index in [1.165, 1.54) is 12.1 Å². The third-order valence-corrected chi connectivity index (χ3v) is 4.11. The number of carbonyl (C=O) groups is 2. The van der Waals surface area contributed by atoms with Crippen LogP contribution in [0, 0.1) is 5.92 Å². The van der Waals surface area contributed by atoms with Crippen molar-refractivity contribution >= 4 is 11.9 Å². The first-order valence-electron chi connectivity index (χ1n) is 7.11. The van der Waals surface area contributed by atoms with Gasteiger partial charge in [-0.1, -0.05) is 20.3 Å². The molecule has 1 aromatic heterocycles. The summed E-state index contributed by atoms with van der Waals surface area (Å²) in [4.78, 5) is 25.2. The Morgan fingerprint density at radius 3 is 2.40 bits per heavy atom. The minimum atomic E-state index is -1.16. The first-order valence-corrected chi connectivity index (χ1v) is 7.11. The smallest absolute Gasteiger partial charge is 0.371 e. The van der Waals surface area contributed by atoms with Gasteiger partial charge in [-0.2, -0.15) is 0 Å². The van der Waals surface area contributed by atoms with E-state index < -0.39 is 5.97 Å². The molecule has 2 atom stereocenters. The Labute approximate surface area is 118 Å². The minimum absolute atomic E-state index is 0.115. The van der Waals surface area contributed by atoms with Crippen molar-refractivity contribution in [2.45, 2.75) is 52.1 Å². The van der Waals surface area contributed by atoms with Crippen LogP contribution in [0.15, 0.2) is 16.5 Å². The van der Waals surface area contributed by atoms with Crippen molar-refractivity contribution in [1.29, 1.82) is 0 Å².